The third-order valence-corrected chi connectivity index (χ3v) is 4.46. The minimum Gasteiger partial charge on any atom is -0.217 e. The summed E-state index contributed by atoms with van der Waals surface area (Å²) in [6.45, 7) is 2.08. The molecule has 4 rings (SSSR count). The lowest BCUT2D eigenvalue weighted by Gasteiger charge is -2.06. The molecule has 0 radical (unpaired) electrons. The van der Waals surface area contributed by atoms with E-state index < -0.39 is 0 Å². The van der Waals surface area contributed by atoms with Crippen molar-refractivity contribution >= 4 is 17.8 Å². The molecule has 0 saturated heterocycles. The number of halogens is 1. The Morgan fingerprint density at radius 3 is 2.73 bits per heavy atom. The highest BCUT2D eigenvalue weighted by Crippen LogP contribution is 2.38. The normalized spacial score (nSPS) is 14.6. The zero-order chi connectivity index (χ0) is 15.1. The van der Waals surface area contributed by atoms with Crippen LogP contribution in [-0.4, -0.2) is 14.6 Å². The maximum Gasteiger partial charge on any atom is 0.156 e. The molecule has 0 unspecified atom stereocenters. The molecule has 0 aliphatic heterocycles. The Labute approximate surface area is 134 Å². The van der Waals surface area contributed by atoms with Crippen LogP contribution in [0.25, 0.3) is 5.65 Å². The Bertz CT molecular complexity index is 828. The highest BCUT2D eigenvalue weighted by atomic mass is 32.2. The lowest BCUT2D eigenvalue weighted by molar-refractivity contribution is 0.833. The highest BCUT2D eigenvalue weighted by molar-refractivity contribution is 7.94. The van der Waals surface area contributed by atoms with Gasteiger partial charge in [-0.1, -0.05) is 12.1 Å². The Kier molecular flexibility index (Phi) is 3.37. The number of hydrogen-bond acceptors (Lipinski definition) is 3. The second kappa shape index (κ2) is 5.39. The van der Waals surface area contributed by atoms with Gasteiger partial charge >= 0.3 is 0 Å². The van der Waals surface area contributed by atoms with Gasteiger partial charge in [-0.15, -0.1) is 0 Å². The van der Waals surface area contributed by atoms with Gasteiger partial charge in [0.2, 0.25) is 0 Å². The first-order valence-electron chi connectivity index (χ1n) is 7.46. The molecule has 1 aliphatic carbocycles. The summed E-state index contributed by atoms with van der Waals surface area (Å²) in [7, 11) is 0. The molecule has 1 aromatic carbocycles. The molecule has 1 saturated carbocycles. The fraction of sp³-hybridized carbons (Fsp3) is 0.294. The molecule has 2 aromatic heterocycles. The van der Waals surface area contributed by atoms with Gasteiger partial charge in [-0.3, -0.25) is 0 Å². The molecule has 1 aliphatic rings. The monoisotopic (exact) mass is 315 g/mol. The van der Waals surface area contributed by atoms with E-state index in [-0.39, 0.29) is 13.6 Å². The Balaban J connectivity index is 0.00000156. The molecule has 0 amide bonds. The average molecular weight is 315 g/mol. The fourth-order valence-corrected chi connectivity index (χ4v) is 2.96. The molecule has 1 fully saturated rings. The zero-order valence-corrected chi connectivity index (χ0v) is 13.1. The van der Waals surface area contributed by atoms with Crippen molar-refractivity contribution in [3.8, 4) is 0 Å². The van der Waals surface area contributed by atoms with Crippen molar-refractivity contribution in [1.82, 2.24) is 14.6 Å². The first-order valence-corrected chi connectivity index (χ1v) is 8.18. The molecule has 2 heterocycles. The molecule has 114 valence electrons. The van der Waals surface area contributed by atoms with Gasteiger partial charge in [-0.25, -0.2) is 9.50 Å². The molecule has 0 bridgehead atoms. The van der Waals surface area contributed by atoms with Crippen LogP contribution in [0.1, 0.15) is 42.8 Å². The van der Waals surface area contributed by atoms with E-state index in [4.69, 9.17) is 0 Å². The number of fused-ring (bicyclic) bond motifs is 1. The van der Waals surface area contributed by atoms with Gasteiger partial charge in [-0.2, -0.15) is 8.98 Å². The van der Waals surface area contributed by atoms with Gasteiger partial charge in [0.1, 0.15) is 0 Å². The molecule has 0 N–H and O–H groups in total. The number of nitrogens with zero attached hydrogens (tertiary/aromatic N) is 3. The summed E-state index contributed by atoms with van der Waals surface area (Å²) >= 11 is 0.275. The lowest BCUT2D eigenvalue weighted by Crippen LogP contribution is -2.01. The van der Waals surface area contributed by atoms with Crippen LogP contribution < -0.4 is 0 Å². The van der Waals surface area contributed by atoms with E-state index in [1.54, 1.807) is 0 Å². The molecular formula is C17H18FN3S. The number of pyridine rings is 1. The summed E-state index contributed by atoms with van der Waals surface area (Å²) < 4.78 is 14.5. The molecule has 22 heavy (non-hydrogen) atoms. The van der Waals surface area contributed by atoms with Crippen LogP contribution in [0.3, 0.4) is 0 Å². The molecule has 5 heteroatoms. The van der Waals surface area contributed by atoms with Crippen molar-refractivity contribution in [3.63, 3.8) is 0 Å². The van der Waals surface area contributed by atoms with Gasteiger partial charge in [0.15, 0.2) is 11.5 Å². The van der Waals surface area contributed by atoms with E-state index in [2.05, 4.69) is 29.1 Å². The summed E-state index contributed by atoms with van der Waals surface area (Å²) in [6, 6.07) is 11.8. The average Bonchev–Trinajstić information content (AvgIpc) is 3.28. The predicted octanol–water partition coefficient (Wildman–Crippen LogP) is 4.73. The smallest absolute Gasteiger partial charge is 0.156 e. The zero-order valence-electron chi connectivity index (χ0n) is 12.3. The Morgan fingerprint density at radius 1 is 1.27 bits per heavy atom. The van der Waals surface area contributed by atoms with E-state index >= 15 is 0 Å². The number of benzene rings is 1. The molecular weight excluding hydrogens is 297 g/mol. The van der Waals surface area contributed by atoms with Crippen LogP contribution in [0.15, 0.2) is 41.3 Å². The molecule has 0 atom stereocenters. The van der Waals surface area contributed by atoms with Crippen molar-refractivity contribution in [2.45, 2.75) is 37.0 Å². The van der Waals surface area contributed by atoms with E-state index in [1.165, 1.54) is 18.4 Å². The molecule has 0 spiro atoms. The van der Waals surface area contributed by atoms with Gasteiger partial charge < -0.3 is 0 Å². The summed E-state index contributed by atoms with van der Waals surface area (Å²) in [6.07, 6.45) is 3.17. The minimum atomic E-state index is 0. The SMILES string of the molecule is Cc1cc(Cc2ccc(SF)cc2)n2nc(C3CC3)nc2c1.[HH]. The highest BCUT2D eigenvalue weighted by Gasteiger charge is 2.28. The Morgan fingerprint density at radius 2 is 2.05 bits per heavy atom. The summed E-state index contributed by atoms with van der Waals surface area (Å²) in [5.41, 5.74) is 4.38. The number of hydrogen-bond donors (Lipinski definition) is 0. The third kappa shape index (κ3) is 2.61. The van der Waals surface area contributed by atoms with Crippen LogP contribution in [-0.2, 0) is 6.42 Å². The number of aromatic nitrogens is 3. The van der Waals surface area contributed by atoms with Crippen LogP contribution in [0.2, 0.25) is 0 Å². The van der Waals surface area contributed by atoms with E-state index in [0.29, 0.717) is 10.8 Å². The largest absolute Gasteiger partial charge is 0.217 e. The Hall–Kier alpha value is -1.88. The second-order valence-corrected chi connectivity index (χ2v) is 6.56. The van der Waals surface area contributed by atoms with E-state index in [9.17, 15) is 3.89 Å². The van der Waals surface area contributed by atoms with Crippen molar-refractivity contribution in [2.24, 2.45) is 0 Å². The second-order valence-electron chi connectivity index (χ2n) is 5.94. The summed E-state index contributed by atoms with van der Waals surface area (Å²) in [4.78, 5) is 5.30. The van der Waals surface area contributed by atoms with Gasteiger partial charge in [0.25, 0.3) is 0 Å². The van der Waals surface area contributed by atoms with Crippen LogP contribution in [0.4, 0.5) is 3.89 Å². The fourth-order valence-electron chi connectivity index (χ4n) is 2.72. The van der Waals surface area contributed by atoms with Crippen molar-refractivity contribution in [3.05, 3.63) is 59.0 Å². The van der Waals surface area contributed by atoms with Gasteiger partial charge in [-0.05, 0) is 55.2 Å². The van der Waals surface area contributed by atoms with Crippen molar-refractivity contribution < 1.29 is 5.31 Å². The third-order valence-electron chi connectivity index (χ3n) is 4.01. The van der Waals surface area contributed by atoms with E-state index in [0.717, 1.165) is 29.1 Å². The van der Waals surface area contributed by atoms with Crippen LogP contribution >= 0.6 is 12.1 Å². The van der Waals surface area contributed by atoms with Crippen LogP contribution in [0, 0.1) is 6.92 Å². The topological polar surface area (TPSA) is 30.2 Å². The van der Waals surface area contributed by atoms with Gasteiger partial charge in [0.05, 0.1) is 12.1 Å². The maximum atomic E-state index is 12.5. The quantitative estimate of drug-likeness (QED) is 0.697. The summed E-state index contributed by atoms with van der Waals surface area (Å²) in [5, 5.41) is 4.69. The van der Waals surface area contributed by atoms with Gasteiger partial charge in [0, 0.05) is 24.4 Å². The van der Waals surface area contributed by atoms with Crippen molar-refractivity contribution in [2.75, 3.05) is 0 Å². The number of aryl methyl sites for hydroxylation is 1. The predicted molar refractivity (Wildman–Crippen MR) is 88.0 cm³/mol. The first kappa shape index (κ1) is 13.8. The maximum absolute atomic E-state index is 12.5. The van der Waals surface area contributed by atoms with Crippen LogP contribution in [0.5, 0.6) is 0 Å². The minimum absolute atomic E-state index is 0. The molecule has 3 aromatic rings. The summed E-state index contributed by atoms with van der Waals surface area (Å²) in [5.74, 6) is 1.52. The first-order chi connectivity index (χ1) is 10.7. The standard InChI is InChI=1S/C17H16FN3S.H2/c1-11-8-14(10-12-2-6-15(22-18)7-3-12)21-16(9-11)19-17(20-21)13-4-5-13;/h2-3,6-9,13H,4-5,10H2,1H3;1H. The van der Waals surface area contributed by atoms with E-state index in [1.807, 2.05) is 28.8 Å². The number of rotatable bonds is 4. The van der Waals surface area contributed by atoms with Crippen molar-refractivity contribution in [1.29, 1.82) is 0 Å². The molecule has 3 nitrogen and oxygen atoms in total. The lowest BCUT2D eigenvalue weighted by atomic mass is 10.1.